The summed E-state index contributed by atoms with van der Waals surface area (Å²) < 4.78 is 64.2. The maximum absolute atomic E-state index is 12.5. The number of benzene rings is 1. The zero-order valence-electron chi connectivity index (χ0n) is 11.6. The standard InChI is InChI=1S/C14H16F3NO3S/c15-14(16,17)11-3-7-13(8-4-11)22(20,21)18-12-5-1-10(9-19)2-6-12/h3-4,7-10,12,18H,1-2,5-6H2. The fourth-order valence-corrected chi connectivity index (χ4v) is 3.79. The van der Waals surface area contributed by atoms with E-state index in [1.807, 2.05) is 0 Å². The van der Waals surface area contributed by atoms with Crippen LogP contribution < -0.4 is 4.72 Å². The normalized spacial score (nSPS) is 23.2. The average molecular weight is 335 g/mol. The van der Waals surface area contributed by atoms with Gasteiger partial charge in [-0.25, -0.2) is 13.1 Å². The Balaban J connectivity index is 2.06. The molecular weight excluding hydrogens is 319 g/mol. The van der Waals surface area contributed by atoms with E-state index in [2.05, 4.69) is 4.72 Å². The van der Waals surface area contributed by atoms with Gasteiger partial charge in [-0.05, 0) is 49.9 Å². The van der Waals surface area contributed by atoms with E-state index in [9.17, 15) is 26.4 Å². The van der Waals surface area contributed by atoms with Crippen molar-refractivity contribution in [1.82, 2.24) is 4.72 Å². The first-order valence-corrected chi connectivity index (χ1v) is 8.35. The number of nitrogens with one attached hydrogen (secondary N) is 1. The monoisotopic (exact) mass is 335 g/mol. The summed E-state index contributed by atoms with van der Waals surface area (Å²) in [6, 6.07) is 3.10. The van der Waals surface area contributed by atoms with Crippen LogP contribution in [0.15, 0.2) is 29.2 Å². The van der Waals surface area contributed by atoms with Gasteiger partial charge in [0.1, 0.15) is 6.29 Å². The van der Waals surface area contributed by atoms with Crippen molar-refractivity contribution >= 4 is 16.3 Å². The van der Waals surface area contributed by atoms with Crippen LogP contribution in [0.2, 0.25) is 0 Å². The van der Waals surface area contributed by atoms with Crippen LogP contribution in [0.3, 0.4) is 0 Å². The first kappa shape index (κ1) is 17.0. The van der Waals surface area contributed by atoms with E-state index in [0.717, 1.165) is 30.6 Å². The number of hydrogen-bond acceptors (Lipinski definition) is 3. The number of aldehydes is 1. The van der Waals surface area contributed by atoms with Gasteiger partial charge in [-0.2, -0.15) is 13.2 Å². The molecule has 1 aliphatic rings. The third kappa shape index (κ3) is 4.07. The van der Waals surface area contributed by atoms with Crippen molar-refractivity contribution < 1.29 is 26.4 Å². The largest absolute Gasteiger partial charge is 0.416 e. The van der Waals surface area contributed by atoms with E-state index in [0.29, 0.717) is 25.7 Å². The smallest absolute Gasteiger partial charge is 0.303 e. The molecule has 0 unspecified atom stereocenters. The van der Waals surface area contributed by atoms with Gasteiger partial charge in [-0.1, -0.05) is 0 Å². The van der Waals surface area contributed by atoms with Crippen molar-refractivity contribution in [2.75, 3.05) is 0 Å². The highest BCUT2D eigenvalue weighted by Gasteiger charge is 2.31. The molecule has 22 heavy (non-hydrogen) atoms. The second-order valence-corrected chi connectivity index (χ2v) is 7.11. The lowest BCUT2D eigenvalue weighted by molar-refractivity contribution is -0.137. The highest BCUT2D eigenvalue weighted by Crippen LogP contribution is 2.30. The third-order valence-electron chi connectivity index (χ3n) is 3.78. The van der Waals surface area contributed by atoms with Crippen LogP contribution in [-0.4, -0.2) is 20.7 Å². The van der Waals surface area contributed by atoms with E-state index < -0.39 is 21.8 Å². The van der Waals surface area contributed by atoms with Gasteiger partial charge in [-0.3, -0.25) is 0 Å². The molecule has 2 rings (SSSR count). The third-order valence-corrected chi connectivity index (χ3v) is 5.31. The van der Waals surface area contributed by atoms with Crippen molar-refractivity contribution in [2.45, 2.75) is 42.8 Å². The van der Waals surface area contributed by atoms with Crippen LogP contribution in [0.5, 0.6) is 0 Å². The van der Waals surface area contributed by atoms with Crippen LogP contribution in [0, 0.1) is 5.92 Å². The lowest BCUT2D eigenvalue weighted by atomic mass is 9.87. The Morgan fingerprint density at radius 3 is 2.05 bits per heavy atom. The molecule has 1 N–H and O–H groups in total. The molecule has 0 atom stereocenters. The molecule has 1 aromatic carbocycles. The fraction of sp³-hybridized carbons (Fsp3) is 0.500. The molecule has 1 aliphatic carbocycles. The highest BCUT2D eigenvalue weighted by atomic mass is 32.2. The van der Waals surface area contributed by atoms with E-state index in [-0.39, 0.29) is 16.9 Å². The van der Waals surface area contributed by atoms with Gasteiger partial charge in [0, 0.05) is 12.0 Å². The zero-order chi connectivity index (χ0) is 16.4. The molecule has 0 spiro atoms. The van der Waals surface area contributed by atoms with E-state index in [1.165, 1.54) is 0 Å². The summed E-state index contributed by atoms with van der Waals surface area (Å²) in [6.45, 7) is 0. The SMILES string of the molecule is O=CC1CCC(NS(=O)(=O)c2ccc(C(F)(F)F)cc2)CC1. The maximum Gasteiger partial charge on any atom is 0.416 e. The van der Waals surface area contributed by atoms with E-state index >= 15 is 0 Å². The molecule has 1 aromatic rings. The summed E-state index contributed by atoms with van der Waals surface area (Å²) >= 11 is 0. The zero-order valence-corrected chi connectivity index (χ0v) is 12.5. The van der Waals surface area contributed by atoms with Crippen LogP contribution >= 0.6 is 0 Å². The fourth-order valence-electron chi connectivity index (χ4n) is 2.48. The number of rotatable bonds is 4. The molecule has 0 heterocycles. The van der Waals surface area contributed by atoms with Crippen LogP contribution in [-0.2, 0) is 21.0 Å². The van der Waals surface area contributed by atoms with Gasteiger partial charge in [0.2, 0.25) is 10.0 Å². The minimum Gasteiger partial charge on any atom is -0.303 e. The minimum atomic E-state index is -4.50. The number of halogens is 3. The Hall–Kier alpha value is -1.41. The summed E-state index contributed by atoms with van der Waals surface area (Å²) in [6.07, 6.45) is -1.30. The number of hydrogen-bond donors (Lipinski definition) is 1. The summed E-state index contributed by atoms with van der Waals surface area (Å²) in [5, 5.41) is 0. The number of sulfonamides is 1. The molecule has 4 nitrogen and oxygen atoms in total. The summed E-state index contributed by atoms with van der Waals surface area (Å²) in [5.41, 5.74) is -0.891. The molecular formula is C14H16F3NO3S. The molecule has 0 saturated heterocycles. The van der Waals surface area contributed by atoms with Crippen LogP contribution in [0.1, 0.15) is 31.2 Å². The predicted octanol–water partition coefficient (Wildman–Crippen LogP) is 2.74. The Morgan fingerprint density at radius 2 is 1.59 bits per heavy atom. The lowest BCUT2D eigenvalue weighted by Crippen LogP contribution is -2.37. The summed E-state index contributed by atoms with van der Waals surface area (Å²) in [4.78, 5) is 10.5. The van der Waals surface area contributed by atoms with Gasteiger partial charge in [0.25, 0.3) is 0 Å². The first-order valence-electron chi connectivity index (χ1n) is 6.87. The molecule has 0 amide bonds. The topological polar surface area (TPSA) is 63.2 Å². The first-order chi connectivity index (χ1) is 10.2. The number of alkyl halides is 3. The lowest BCUT2D eigenvalue weighted by Gasteiger charge is -2.26. The predicted molar refractivity (Wildman–Crippen MR) is 73.6 cm³/mol. The highest BCUT2D eigenvalue weighted by molar-refractivity contribution is 7.89. The molecule has 0 aromatic heterocycles. The van der Waals surface area contributed by atoms with Gasteiger partial charge in [0.05, 0.1) is 10.5 Å². The summed E-state index contributed by atoms with van der Waals surface area (Å²) in [5.74, 6) is -0.0353. The van der Waals surface area contributed by atoms with Crippen molar-refractivity contribution in [3.63, 3.8) is 0 Å². The molecule has 1 fully saturated rings. The average Bonchev–Trinajstić information content (AvgIpc) is 2.47. The molecule has 0 radical (unpaired) electrons. The quantitative estimate of drug-likeness (QED) is 0.861. The van der Waals surface area contributed by atoms with Gasteiger partial charge < -0.3 is 4.79 Å². The molecule has 122 valence electrons. The summed E-state index contributed by atoms with van der Waals surface area (Å²) in [7, 11) is -3.85. The van der Waals surface area contributed by atoms with Crippen molar-refractivity contribution in [1.29, 1.82) is 0 Å². The van der Waals surface area contributed by atoms with Gasteiger partial charge in [-0.15, -0.1) is 0 Å². The molecule has 0 bridgehead atoms. The van der Waals surface area contributed by atoms with Gasteiger partial charge in [0.15, 0.2) is 0 Å². The molecule has 0 aliphatic heterocycles. The van der Waals surface area contributed by atoms with E-state index in [4.69, 9.17) is 0 Å². The van der Waals surface area contributed by atoms with Crippen molar-refractivity contribution in [2.24, 2.45) is 5.92 Å². The van der Waals surface area contributed by atoms with Crippen LogP contribution in [0.25, 0.3) is 0 Å². The van der Waals surface area contributed by atoms with Gasteiger partial charge >= 0.3 is 6.18 Å². The van der Waals surface area contributed by atoms with Crippen LogP contribution in [0.4, 0.5) is 13.2 Å². The second kappa shape index (κ2) is 6.37. The minimum absolute atomic E-state index is 0.0353. The Morgan fingerprint density at radius 1 is 1.05 bits per heavy atom. The Labute approximate surface area is 126 Å². The van der Waals surface area contributed by atoms with Crippen molar-refractivity contribution in [3.8, 4) is 0 Å². The molecule has 1 saturated carbocycles. The Bertz CT molecular complexity index is 618. The van der Waals surface area contributed by atoms with Crippen molar-refractivity contribution in [3.05, 3.63) is 29.8 Å². The Kier molecular flexibility index (Phi) is 4.91. The number of carbonyl (C=O) groups is 1. The number of carbonyl (C=O) groups excluding carboxylic acids is 1. The molecule has 8 heteroatoms. The second-order valence-electron chi connectivity index (χ2n) is 5.39. The van der Waals surface area contributed by atoms with E-state index in [1.54, 1.807) is 0 Å². The maximum atomic E-state index is 12.5.